The monoisotopic (exact) mass is 427 g/mol. The van der Waals surface area contributed by atoms with Crippen molar-refractivity contribution in [1.82, 2.24) is 14.7 Å². The average Bonchev–Trinajstić information content (AvgIpc) is 3.37. The van der Waals surface area contributed by atoms with Gasteiger partial charge < -0.3 is 23.7 Å². The molecule has 1 aromatic carbocycles. The van der Waals surface area contributed by atoms with Crippen LogP contribution in [0.2, 0.25) is 0 Å². The first-order chi connectivity index (χ1) is 15.2. The Morgan fingerprint density at radius 2 is 1.81 bits per heavy atom. The van der Waals surface area contributed by atoms with Crippen molar-refractivity contribution in [1.29, 1.82) is 0 Å². The van der Waals surface area contributed by atoms with Crippen LogP contribution in [0.3, 0.4) is 0 Å². The van der Waals surface area contributed by atoms with E-state index in [1.807, 2.05) is 35.2 Å². The maximum atomic E-state index is 13.2. The summed E-state index contributed by atoms with van der Waals surface area (Å²) >= 11 is 0. The molecule has 0 aliphatic carbocycles. The zero-order valence-electron chi connectivity index (χ0n) is 17.7. The summed E-state index contributed by atoms with van der Waals surface area (Å²) in [5.74, 6) is 0.157. The molecule has 31 heavy (non-hydrogen) atoms. The number of hydrogen-bond acceptors (Lipinski definition) is 6. The SMILES string of the molecule is O=C(c1ccccc1)N(CCN1CCOCC1)CC1CN(C(=O)c2ccco2)CCO1. The normalized spacial score (nSPS) is 19.9. The summed E-state index contributed by atoms with van der Waals surface area (Å²) < 4.78 is 16.6. The first-order valence-electron chi connectivity index (χ1n) is 10.8. The van der Waals surface area contributed by atoms with E-state index >= 15 is 0 Å². The summed E-state index contributed by atoms with van der Waals surface area (Å²) in [6.45, 7) is 6.38. The maximum Gasteiger partial charge on any atom is 0.289 e. The standard InChI is InChI=1S/C23H29N3O5/c27-22(19-5-2-1-3-6-19)25(9-8-24-10-14-29-15-11-24)17-20-18-26(12-16-30-20)23(28)21-7-4-13-31-21/h1-7,13,20H,8-12,14-18H2. The third kappa shape index (κ3) is 5.72. The lowest BCUT2D eigenvalue weighted by Crippen LogP contribution is -2.52. The number of benzene rings is 1. The second-order valence-electron chi connectivity index (χ2n) is 7.79. The lowest BCUT2D eigenvalue weighted by Gasteiger charge is -2.36. The maximum absolute atomic E-state index is 13.2. The van der Waals surface area contributed by atoms with Gasteiger partial charge in [0.2, 0.25) is 0 Å². The average molecular weight is 428 g/mol. The number of morpholine rings is 2. The van der Waals surface area contributed by atoms with Crippen molar-refractivity contribution >= 4 is 11.8 Å². The third-order valence-corrected chi connectivity index (χ3v) is 5.68. The molecule has 1 atom stereocenters. The van der Waals surface area contributed by atoms with Crippen LogP contribution in [0.15, 0.2) is 53.1 Å². The molecule has 8 nitrogen and oxygen atoms in total. The van der Waals surface area contributed by atoms with Gasteiger partial charge in [0.25, 0.3) is 11.8 Å². The van der Waals surface area contributed by atoms with Crippen LogP contribution >= 0.6 is 0 Å². The van der Waals surface area contributed by atoms with E-state index in [4.69, 9.17) is 13.9 Å². The summed E-state index contributed by atoms with van der Waals surface area (Å²) in [7, 11) is 0. The van der Waals surface area contributed by atoms with E-state index < -0.39 is 0 Å². The molecule has 2 aromatic rings. The molecule has 8 heteroatoms. The van der Waals surface area contributed by atoms with Crippen LogP contribution in [0.5, 0.6) is 0 Å². The Hall–Kier alpha value is -2.68. The number of carbonyl (C=O) groups excluding carboxylic acids is 2. The fraction of sp³-hybridized carbons (Fsp3) is 0.478. The van der Waals surface area contributed by atoms with Gasteiger partial charge in [-0.2, -0.15) is 0 Å². The molecule has 2 saturated heterocycles. The van der Waals surface area contributed by atoms with Crippen molar-refractivity contribution in [2.24, 2.45) is 0 Å². The molecule has 2 amide bonds. The number of rotatable bonds is 7. The molecule has 4 rings (SSSR count). The number of ether oxygens (including phenoxy) is 2. The van der Waals surface area contributed by atoms with E-state index in [-0.39, 0.29) is 17.9 Å². The van der Waals surface area contributed by atoms with Gasteiger partial charge in [-0.3, -0.25) is 14.5 Å². The van der Waals surface area contributed by atoms with Gasteiger partial charge in [0.1, 0.15) is 0 Å². The summed E-state index contributed by atoms with van der Waals surface area (Å²) in [5, 5.41) is 0. The van der Waals surface area contributed by atoms with Crippen LogP contribution < -0.4 is 0 Å². The molecular weight excluding hydrogens is 398 g/mol. The molecule has 166 valence electrons. The van der Waals surface area contributed by atoms with Crippen molar-refractivity contribution in [3.05, 3.63) is 60.1 Å². The lowest BCUT2D eigenvalue weighted by atomic mass is 10.1. The van der Waals surface area contributed by atoms with E-state index in [2.05, 4.69) is 4.90 Å². The van der Waals surface area contributed by atoms with E-state index in [0.29, 0.717) is 44.1 Å². The predicted octanol–water partition coefficient (Wildman–Crippen LogP) is 1.60. The van der Waals surface area contributed by atoms with Crippen molar-refractivity contribution in [2.45, 2.75) is 6.10 Å². The predicted molar refractivity (Wildman–Crippen MR) is 114 cm³/mol. The summed E-state index contributed by atoms with van der Waals surface area (Å²) in [5.41, 5.74) is 0.656. The number of carbonyl (C=O) groups is 2. The van der Waals surface area contributed by atoms with E-state index in [9.17, 15) is 9.59 Å². The number of nitrogens with zero attached hydrogens (tertiary/aromatic N) is 3. The number of hydrogen-bond donors (Lipinski definition) is 0. The molecule has 3 heterocycles. The van der Waals surface area contributed by atoms with Gasteiger partial charge in [0.15, 0.2) is 5.76 Å². The first-order valence-corrected chi connectivity index (χ1v) is 10.8. The second kappa shape index (κ2) is 10.6. The van der Waals surface area contributed by atoms with Gasteiger partial charge >= 0.3 is 0 Å². The topological polar surface area (TPSA) is 75.5 Å². The molecule has 0 N–H and O–H groups in total. The Morgan fingerprint density at radius 1 is 1.00 bits per heavy atom. The molecule has 0 radical (unpaired) electrons. The molecule has 1 aromatic heterocycles. The molecule has 0 spiro atoms. The molecular formula is C23H29N3O5. The van der Waals surface area contributed by atoms with Crippen LogP contribution in [-0.2, 0) is 9.47 Å². The lowest BCUT2D eigenvalue weighted by molar-refractivity contribution is -0.0354. The van der Waals surface area contributed by atoms with Crippen LogP contribution in [0.25, 0.3) is 0 Å². The molecule has 2 aliphatic heterocycles. The van der Waals surface area contributed by atoms with Gasteiger partial charge in [-0.15, -0.1) is 0 Å². The van der Waals surface area contributed by atoms with Gasteiger partial charge in [-0.25, -0.2) is 0 Å². The first kappa shape index (κ1) is 21.5. The fourth-order valence-electron chi connectivity index (χ4n) is 3.94. The quantitative estimate of drug-likeness (QED) is 0.668. The van der Waals surface area contributed by atoms with Gasteiger partial charge in [-0.1, -0.05) is 18.2 Å². The van der Waals surface area contributed by atoms with E-state index in [1.165, 1.54) is 6.26 Å². The number of amides is 2. The van der Waals surface area contributed by atoms with Gasteiger partial charge in [0.05, 0.1) is 32.2 Å². The van der Waals surface area contributed by atoms with Crippen LogP contribution in [-0.4, -0.2) is 98.3 Å². The third-order valence-electron chi connectivity index (χ3n) is 5.68. The Labute approximate surface area is 182 Å². The Morgan fingerprint density at radius 3 is 2.55 bits per heavy atom. The second-order valence-corrected chi connectivity index (χ2v) is 7.79. The van der Waals surface area contributed by atoms with Crippen molar-refractivity contribution in [3.8, 4) is 0 Å². The summed E-state index contributed by atoms with van der Waals surface area (Å²) in [6.07, 6.45) is 1.25. The largest absolute Gasteiger partial charge is 0.459 e. The fourth-order valence-corrected chi connectivity index (χ4v) is 3.94. The zero-order chi connectivity index (χ0) is 21.5. The molecule has 2 aliphatic rings. The van der Waals surface area contributed by atoms with Crippen molar-refractivity contribution in [2.75, 3.05) is 65.6 Å². The minimum absolute atomic E-state index is 0.0213. The van der Waals surface area contributed by atoms with Crippen molar-refractivity contribution < 1.29 is 23.5 Å². The highest BCUT2D eigenvalue weighted by Gasteiger charge is 2.29. The highest BCUT2D eigenvalue weighted by atomic mass is 16.5. The van der Waals surface area contributed by atoms with Gasteiger partial charge in [0, 0.05) is 51.4 Å². The molecule has 0 bridgehead atoms. The van der Waals surface area contributed by atoms with Crippen LogP contribution in [0.4, 0.5) is 0 Å². The molecule has 2 fully saturated rings. The Balaban J connectivity index is 1.41. The van der Waals surface area contributed by atoms with E-state index in [1.54, 1.807) is 17.0 Å². The Bertz CT molecular complexity index is 836. The van der Waals surface area contributed by atoms with Gasteiger partial charge in [-0.05, 0) is 24.3 Å². The zero-order valence-corrected chi connectivity index (χ0v) is 17.7. The summed E-state index contributed by atoms with van der Waals surface area (Å²) in [6, 6.07) is 12.7. The van der Waals surface area contributed by atoms with Crippen LogP contribution in [0, 0.1) is 0 Å². The van der Waals surface area contributed by atoms with E-state index in [0.717, 1.165) is 32.8 Å². The highest BCUT2D eigenvalue weighted by molar-refractivity contribution is 5.94. The summed E-state index contributed by atoms with van der Waals surface area (Å²) in [4.78, 5) is 31.8. The smallest absolute Gasteiger partial charge is 0.289 e. The van der Waals surface area contributed by atoms with Crippen molar-refractivity contribution in [3.63, 3.8) is 0 Å². The Kier molecular flexibility index (Phi) is 7.35. The molecule has 0 saturated carbocycles. The molecule has 1 unspecified atom stereocenters. The highest BCUT2D eigenvalue weighted by Crippen LogP contribution is 2.14. The van der Waals surface area contributed by atoms with Crippen LogP contribution in [0.1, 0.15) is 20.9 Å². The minimum atomic E-state index is -0.245. The minimum Gasteiger partial charge on any atom is -0.459 e. The number of furan rings is 1.